The van der Waals surface area contributed by atoms with Crippen molar-refractivity contribution in [2.75, 3.05) is 32.8 Å². The summed E-state index contributed by atoms with van der Waals surface area (Å²) in [5.41, 5.74) is 0. The first-order valence-corrected chi connectivity index (χ1v) is 6.78. The summed E-state index contributed by atoms with van der Waals surface area (Å²) in [6.45, 7) is 4.95. The van der Waals surface area contributed by atoms with Gasteiger partial charge in [0, 0.05) is 19.5 Å². The Morgan fingerprint density at radius 3 is 2.82 bits per heavy atom. The smallest absolute Gasteiger partial charge is 0.180 e. The molecule has 1 aromatic rings. The number of aryl methyl sites for hydroxylation is 1. The second-order valence-corrected chi connectivity index (χ2v) is 5.16. The fraction of sp³-hybridized carbons (Fsp3) is 0.727. The van der Waals surface area contributed by atoms with Crippen LogP contribution in [0.2, 0.25) is 0 Å². The Morgan fingerprint density at radius 1 is 1.29 bits per heavy atom. The average Bonchev–Trinajstić information content (AvgIpc) is 2.84. The van der Waals surface area contributed by atoms with Gasteiger partial charge in [0.2, 0.25) is 0 Å². The van der Waals surface area contributed by atoms with Gasteiger partial charge in [0.25, 0.3) is 0 Å². The third-order valence-electron chi connectivity index (χ3n) is 2.80. The number of carbonyl (C=O) groups excluding carboxylic acids is 1. The molecule has 17 heavy (non-hydrogen) atoms. The van der Waals surface area contributed by atoms with Gasteiger partial charge in [-0.3, -0.25) is 9.69 Å². The fourth-order valence-corrected chi connectivity index (χ4v) is 2.55. The van der Waals surface area contributed by atoms with Crippen LogP contribution in [-0.4, -0.2) is 54.2 Å². The second-order valence-electron chi connectivity index (χ2n) is 4.06. The molecule has 1 aliphatic heterocycles. The highest BCUT2D eigenvalue weighted by molar-refractivity contribution is 7.12. The van der Waals surface area contributed by atoms with Crippen molar-refractivity contribution in [3.05, 3.63) is 10.0 Å². The standard InChI is InChI=1S/C11H17N3O2S/c15-9-11-13-12-10(17-11)3-1-2-4-14-5-7-16-8-6-14/h9H,1-8H2. The molecule has 0 N–H and O–H groups in total. The predicted molar refractivity (Wildman–Crippen MR) is 65.5 cm³/mol. The molecule has 1 aliphatic rings. The molecule has 1 aromatic heterocycles. The van der Waals surface area contributed by atoms with Gasteiger partial charge >= 0.3 is 0 Å². The molecule has 5 nitrogen and oxygen atoms in total. The lowest BCUT2D eigenvalue weighted by atomic mass is 10.2. The van der Waals surface area contributed by atoms with Crippen molar-refractivity contribution in [1.82, 2.24) is 15.1 Å². The molecule has 0 radical (unpaired) electrons. The summed E-state index contributed by atoms with van der Waals surface area (Å²) in [5.74, 6) is 0. The van der Waals surface area contributed by atoms with Gasteiger partial charge in [-0.15, -0.1) is 10.2 Å². The van der Waals surface area contributed by atoms with E-state index in [9.17, 15) is 4.79 Å². The number of rotatable bonds is 6. The number of nitrogens with zero attached hydrogens (tertiary/aromatic N) is 3. The Balaban J connectivity index is 1.60. The van der Waals surface area contributed by atoms with E-state index in [0.29, 0.717) is 5.01 Å². The van der Waals surface area contributed by atoms with E-state index in [0.717, 1.165) is 63.4 Å². The minimum Gasteiger partial charge on any atom is -0.379 e. The van der Waals surface area contributed by atoms with Crippen molar-refractivity contribution in [3.8, 4) is 0 Å². The minimum atomic E-state index is 0.480. The molecular formula is C11H17N3O2S. The summed E-state index contributed by atoms with van der Waals surface area (Å²) in [4.78, 5) is 12.9. The summed E-state index contributed by atoms with van der Waals surface area (Å²) in [6.07, 6.45) is 3.95. The number of aldehydes is 1. The number of ether oxygens (including phenoxy) is 1. The van der Waals surface area contributed by atoms with Gasteiger partial charge in [0.1, 0.15) is 5.01 Å². The molecule has 94 valence electrons. The van der Waals surface area contributed by atoms with Crippen LogP contribution in [0.4, 0.5) is 0 Å². The van der Waals surface area contributed by atoms with Crippen LogP contribution in [0.5, 0.6) is 0 Å². The van der Waals surface area contributed by atoms with E-state index in [-0.39, 0.29) is 0 Å². The molecule has 0 saturated carbocycles. The summed E-state index contributed by atoms with van der Waals surface area (Å²) in [7, 11) is 0. The molecule has 1 fully saturated rings. The molecular weight excluding hydrogens is 238 g/mol. The van der Waals surface area contributed by atoms with Crippen molar-refractivity contribution < 1.29 is 9.53 Å². The molecule has 6 heteroatoms. The lowest BCUT2D eigenvalue weighted by Crippen LogP contribution is -2.36. The molecule has 0 aromatic carbocycles. The Morgan fingerprint density at radius 2 is 2.12 bits per heavy atom. The van der Waals surface area contributed by atoms with Crippen LogP contribution in [0.25, 0.3) is 0 Å². The van der Waals surface area contributed by atoms with E-state index in [4.69, 9.17) is 4.74 Å². The van der Waals surface area contributed by atoms with Crippen LogP contribution >= 0.6 is 11.3 Å². The molecule has 0 unspecified atom stereocenters. The molecule has 0 spiro atoms. The van der Waals surface area contributed by atoms with Crippen molar-refractivity contribution in [2.45, 2.75) is 19.3 Å². The van der Waals surface area contributed by atoms with Crippen molar-refractivity contribution in [2.24, 2.45) is 0 Å². The summed E-state index contributed by atoms with van der Waals surface area (Å²) in [6, 6.07) is 0. The number of morpholine rings is 1. The van der Waals surface area contributed by atoms with E-state index in [1.807, 2.05) is 0 Å². The van der Waals surface area contributed by atoms with Gasteiger partial charge in [-0.25, -0.2) is 0 Å². The first-order chi connectivity index (χ1) is 8.38. The summed E-state index contributed by atoms with van der Waals surface area (Å²) in [5, 5.41) is 9.20. The highest BCUT2D eigenvalue weighted by atomic mass is 32.1. The van der Waals surface area contributed by atoms with Gasteiger partial charge in [0.05, 0.1) is 13.2 Å². The third-order valence-corrected chi connectivity index (χ3v) is 3.71. The molecule has 1 saturated heterocycles. The van der Waals surface area contributed by atoms with Crippen LogP contribution in [0.3, 0.4) is 0 Å². The maximum Gasteiger partial charge on any atom is 0.180 e. The number of carbonyl (C=O) groups is 1. The SMILES string of the molecule is O=Cc1nnc(CCCCN2CCOCC2)s1. The zero-order valence-electron chi connectivity index (χ0n) is 9.80. The Labute approximate surface area is 105 Å². The average molecular weight is 255 g/mol. The quantitative estimate of drug-likeness (QED) is 0.561. The summed E-state index contributed by atoms with van der Waals surface area (Å²) < 4.78 is 5.30. The fourth-order valence-electron chi connectivity index (χ4n) is 1.85. The normalized spacial score (nSPS) is 17.2. The Bertz CT molecular complexity index is 350. The van der Waals surface area contributed by atoms with Gasteiger partial charge in [-0.2, -0.15) is 0 Å². The Kier molecular flexibility index (Phi) is 5.03. The van der Waals surface area contributed by atoms with E-state index in [1.54, 1.807) is 0 Å². The van der Waals surface area contributed by atoms with Crippen LogP contribution in [0.1, 0.15) is 27.7 Å². The maximum absolute atomic E-state index is 10.4. The lowest BCUT2D eigenvalue weighted by Gasteiger charge is -2.26. The monoisotopic (exact) mass is 255 g/mol. The predicted octanol–water partition coefficient (Wildman–Crippen LogP) is 1.01. The zero-order chi connectivity index (χ0) is 11.9. The largest absolute Gasteiger partial charge is 0.379 e. The van der Waals surface area contributed by atoms with Gasteiger partial charge in [0.15, 0.2) is 11.3 Å². The highest BCUT2D eigenvalue weighted by Crippen LogP contribution is 2.11. The molecule has 0 atom stereocenters. The van der Waals surface area contributed by atoms with E-state index in [2.05, 4.69) is 15.1 Å². The molecule has 0 bridgehead atoms. The molecule has 0 aliphatic carbocycles. The van der Waals surface area contributed by atoms with Crippen molar-refractivity contribution in [3.63, 3.8) is 0 Å². The number of aromatic nitrogens is 2. The summed E-state index contributed by atoms with van der Waals surface area (Å²) >= 11 is 1.40. The van der Waals surface area contributed by atoms with Gasteiger partial charge in [-0.1, -0.05) is 11.3 Å². The molecule has 2 heterocycles. The van der Waals surface area contributed by atoms with Gasteiger partial charge < -0.3 is 4.74 Å². The number of unbranched alkanes of at least 4 members (excludes halogenated alkanes) is 1. The maximum atomic E-state index is 10.4. The minimum absolute atomic E-state index is 0.480. The zero-order valence-corrected chi connectivity index (χ0v) is 10.6. The van der Waals surface area contributed by atoms with E-state index < -0.39 is 0 Å². The van der Waals surface area contributed by atoms with Crippen molar-refractivity contribution >= 4 is 17.6 Å². The van der Waals surface area contributed by atoms with E-state index in [1.165, 1.54) is 11.3 Å². The second kappa shape index (κ2) is 6.78. The number of hydrogen-bond acceptors (Lipinski definition) is 6. The first-order valence-electron chi connectivity index (χ1n) is 5.96. The lowest BCUT2D eigenvalue weighted by molar-refractivity contribution is 0.0372. The van der Waals surface area contributed by atoms with E-state index >= 15 is 0 Å². The number of hydrogen-bond donors (Lipinski definition) is 0. The van der Waals surface area contributed by atoms with Crippen molar-refractivity contribution in [1.29, 1.82) is 0 Å². The molecule has 0 amide bonds. The third kappa shape index (κ3) is 4.14. The Hall–Kier alpha value is -0.850. The molecule has 2 rings (SSSR count). The first kappa shape index (κ1) is 12.6. The highest BCUT2D eigenvalue weighted by Gasteiger charge is 2.09. The van der Waals surface area contributed by atoms with Crippen LogP contribution in [-0.2, 0) is 11.2 Å². The van der Waals surface area contributed by atoms with Crippen LogP contribution in [0.15, 0.2) is 0 Å². The topological polar surface area (TPSA) is 55.3 Å². The van der Waals surface area contributed by atoms with Crippen LogP contribution in [0, 0.1) is 0 Å². The van der Waals surface area contributed by atoms with Gasteiger partial charge in [-0.05, 0) is 19.4 Å². The van der Waals surface area contributed by atoms with Crippen LogP contribution < -0.4 is 0 Å².